The lowest BCUT2D eigenvalue weighted by Gasteiger charge is -2.08. The molecule has 0 atom stereocenters. The SMILES string of the molecule is Nn1c(SCc2ccccc2)nnc(Nc2ccccc2)c1=O. The van der Waals surface area contributed by atoms with Crippen molar-refractivity contribution in [2.75, 3.05) is 11.2 Å². The maximum atomic E-state index is 12.3. The summed E-state index contributed by atoms with van der Waals surface area (Å²) in [5.74, 6) is 6.61. The highest BCUT2D eigenvalue weighted by atomic mass is 32.2. The number of benzene rings is 2. The van der Waals surface area contributed by atoms with Gasteiger partial charge in [-0.15, -0.1) is 10.2 Å². The molecule has 23 heavy (non-hydrogen) atoms. The largest absolute Gasteiger partial charge is 0.334 e. The van der Waals surface area contributed by atoms with E-state index in [4.69, 9.17) is 5.84 Å². The molecule has 0 bridgehead atoms. The van der Waals surface area contributed by atoms with E-state index in [-0.39, 0.29) is 5.82 Å². The number of nitrogens with zero attached hydrogens (tertiary/aromatic N) is 3. The Morgan fingerprint density at radius 3 is 2.35 bits per heavy atom. The smallest absolute Gasteiger partial charge is 0.315 e. The van der Waals surface area contributed by atoms with Crippen LogP contribution in [0.3, 0.4) is 0 Å². The molecular weight excluding hydrogens is 310 g/mol. The number of nitrogen functional groups attached to an aromatic ring is 1. The predicted octanol–water partition coefficient (Wildman–Crippen LogP) is 2.39. The first-order chi connectivity index (χ1) is 11.2. The van der Waals surface area contributed by atoms with E-state index in [1.54, 1.807) is 0 Å². The molecule has 1 aromatic heterocycles. The molecular formula is C16H15N5OS. The number of anilines is 2. The Morgan fingerprint density at radius 1 is 1.00 bits per heavy atom. The zero-order valence-electron chi connectivity index (χ0n) is 12.2. The fourth-order valence-corrected chi connectivity index (χ4v) is 2.75. The summed E-state index contributed by atoms with van der Waals surface area (Å²) in [5.41, 5.74) is 1.46. The van der Waals surface area contributed by atoms with Crippen molar-refractivity contribution in [1.82, 2.24) is 14.9 Å². The summed E-state index contributed by atoms with van der Waals surface area (Å²) >= 11 is 1.37. The summed E-state index contributed by atoms with van der Waals surface area (Å²) in [6, 6.07) is 19.2. The van der Waals surface area contributed by atoms with Gasteiger partial charge in [-0.25, -0.2) is 0 Å². The minimum absolute atomic E-state index is 0.0998. The van der Waals surface area contributed by atoms with Crippen LogP contribution in [0.15, 0.2) is 70.6 Å². The number of nitrogens with one attached hydrogen (secondary N) is 1. The summed E-state index contributed by atoms with van der Waals surface area (Å²) < 4.78 is 1.02. The van der Waals surface area contributed by atoms with Gasteiger partial charge in [0.2, 0.25) is 11.0 Å². The van der Waals surface area contributed by atoms with Crippen molar-refractivity contribution in [1.29, 1.82) is 0 Å². The molecule has 0 saturated carbocycles. The van der Waals surface area contributed by atoms with Gasteiger partial charge in [-0.3, -0.25) is 4.79 Å². The van der Waals surface area contributed by atoms with E-state index in [1.807, 2.05) is 60.7 Å². The molecule has 2 aromatic carbocycles. The molecule has 7 heteroatoms. The van der Waals surface area contributed by atoms with Crippen molar-refractivity contribution < 1.29 is 0 Å². The lowest BCUT2D eigenvalue weighted by molar-refractivity contribution is 0.705. The van der Waals surface area contributed by atoms with Crippen molar-refractivity contribution in [2.45, 2.75) is 10.9 Å². The van der Waals surface area contributed by atoms with Gasteiger partial charge in [-0.1, -0.05) is 60.3 Å². The van der Waals surface area contributed by atoms with Crippen LogP contribution in [0.1, 0.15) is 5.56 Å². The molecule has 0 aliphatic rings. The quantitative estimate of drug-likeness (QED) is 0.553. The maximum absolute atomic E-state index is 12.3. The maximum Gasteiger partial charge on any atom is 0.315 e. The first kappa shape index (κ1) is 15.1. The molecule has 0 radical (unpaired) electrons. The average molecular weight is 325 g/mol. The lowest BCUT2D eigenvalue weighted by Crippen LogP contribution is -2.32. The Bertz CT molecular complexity index is 836. The molecule has 0 spiro atoms. The number of hydrogen-bond donors (Lipinski definition) is 2. The van der Waals surface area contributed by atoms with Gasteiger partial charge in [0.15, 0.2) is 0 Å². The van der Waals surface area contributed by atoms with E-state index in [0.717, 1.165) is 15.9 Å². The zero-order valence-corrected chi connectivity index (χ0v) is 13.0. The van der Waals surface area contributed by atoms with E-state index < -0.39 is 5.56 Å². The van der Waals surface area contributed by atoms with Gasteiger partial charge in [0, 0.05) is 11.4 Å². The van der Waals surface area contributed by atoms with Gasteiger partial charge < -0.3 is 11.2 Å². The zero-order chi connectivity index (χ0) is 16.1. The molecule has 1 heterocycles. The van der Waals surface area contributed by atoms with Crippen LogP contribution in [-0.4, -0.2) is 14.9 Å². The fraction of sp³-hybridized carbons (Fsp3) is 0.0625. The van der Waals surface area contributed by atoms with Crippen LogP contribution >= 0.6 is 11.8 Å². The Balaban J connectivity index is 1.76. The Kier molecular flexibility index (Phi) is 4.58. The van der Waals surface area contributed by atoms with Gasteiger partial charge in [0.1, 0.15) is 0 Å². The summed E-state index contributed by atoms with van der Waals surface area (Å²) in [6.45, 7) is 0. The molecule has 0 unspecified atom stereocenters. The molecule has 116 valence electrons. The third-order valence-electron chi connectivity index (χ3n) is 3.11. The summed E-state index contributed by atoms with van der Waals surface area (Å²) in [7, 11) is 0. The van der Waals surface area contributed by atoms with Crippen molar-refractivity contribution in [3.63, 3.8) is 0 Å². The molecule has 3 rings (SSSR count). The van der Waals surface area contributed by atoms with E-state index >= 15 is 0 Å². The van der Waals surface area contributed by atoms with E-state index in [9.17, 15) is 4.79 Å². The third-order valence-corrected chi connectivity index (χ3v) is 4.12. The number of aromatic nitrogens is 3. The minimum atomic E-state index is -0.417. The Labute approximate surface area is 137 Å². The monoisotopic (exact) mass is 325 g/mol. The van der Waals surface area contributed by atoms with Gasteiger partial charge in [-0.05, 0) is 17.7 Å². The standard InChI is InChI=1S/C16H15N5OS/c17-21-15(22)14(18-13-9-5-2-6-10-13)19-20-16(21)23-11-12-7-3-1-4-8-12/h1-10H,11,17H2,(H,18,19). The third kappa shape index (κ3) is 3.70. The van der Waals surface area contributed by atoms with Crippen LogP contribution in [0.25, 0.3) is 0 Å². The number of nitrogens with two attached hydrogens (primary N) is 1. The Hall–Kier alpha value is -2.80. The summed E-state index contributed by atoms with van der Waals surface area (Å²) in [5, 5.41) is 11.3. The van der Waals surface area contributed by atoms with Crippen molar-refractivity contribution >= 4 is 23.3 Å². The van der Waals surface area contributed by atoms with Crippen molar-refractivity contribution in [3.05, 3.63) is 76.6 Å². The minimum Gasteiger partial charge on any atom is -0.334 e. The van der Waals surface area contributed by atoms with Crippen molar-refractivity contribution in [2.24, 2.45) is 0 Å². The molecule has 3 aromatic rings. The molecule has 0 aliphatic carbocycles. The van der Waals surface area contributed by atoms with Crippen LogP contribution in [0.5, 0.6) is 0 Å². The molecule has 0 amide bonds. The fourth-order valence-electron chi connectivity index (χ4n) is 1.94. The van der Waals surface area contributed by atoms with E-state index in [2.05, 4.69) is 15.5 Å². The van der Waals surface area contributed by atoms with E-state index in [1.165, 1.54) is 11.8 Å². The highest BCUT2D eigenvalue weighted by Gasteiger charge is 2.11. The second-order valence-corrected chi connectivity index (χ2v) is 5.71. The van der Waals surface area contributed by atoms with E-state index in [0.29, 0.717) is 10.9 Å². The second kappa shape index (κ2) is 6.97. The Morgan fingerprint density at radius 2 is 1.65 bits per heavy atom. The molecule has 6 nitrogen and oxygen atoms in total. The average Bonchev–Trinajstić information content (AvgIpc) is 2.60. The molecule has 0 saturated heterocycles. The van der Waals surface area contributed by atoms with Crippen LogP contribution < -0.4 is 16.7 Å². The summed E-state index contributed by atoms with van der Waals surface area (Å²) in [6.07, 6.45) is 0. The molecule has 0 aliphatic heterocycles. The van der Waals surface area contributed by atoms with Gasteiger partial charge in [-0.2, -0.15) is 4.68 Å². The topological polar surface area (TPSA) is 85.8 Å². The van der Waals surface area contributed by atoms with Crippen LogP contribution in [0.2, 0.25) is 0 Å². The number of rotatable bonds is 5. The first-order valence-corrected chi connectivity index (χ1v) is 7.96. The van der Waals surface area contributed by atoms with Gasteiger partial charge in [0.05, 0.1) is 0 Å². The van der Waals surface area contributed by atoms with Crippen LogP contribution in [-0.2, 0) is 5.75 Å². The molecule has 0 fully saturated rings. The first-order valence-electron chi connectivity index (χ1n) is 6.97. The number of hydrogen-bond acceptors (Lipinski definition) is 6. The highest BCUT2D eigenvalue weighted by molar-refractivity contribution is 7.98. The van der Waals surface area contributed by atoms with Gasteiger partial charge >= 0.3 is 5.56 Å². The number of thioether (sulfide) groups is 1. The van der Waals surface area contributed by atoms with Gasteiger partial charge in [0.25, 0.3) is 0 Å². The van der Waals surface area contributed by atoms with Crippen LogP contribution in [0, 0.1) is 0 Å². The number of para-hydroxylation sites is 1. The lowest BCUT2D eigenvalue weighted by atomic mass is 10.2. The second-order valence-electron chi connectivity index (χ2n) is 4.77. The molecule has 3 N–H and O–H groups in total. The summed E-state index contributed by atoms with van der Waals surface area (Å²) in [4.78, 5) is 12.3. The predicted molar refractivity (Wildman–Crippen MR) is 92.2 cm³/mol. The van der Waals surface area contributed by atoms with Crippen molar-refractivity contribution in [3.8, 4) is 0 Å². The normalized spacial score (nSPS) is 10.4. The highest BCUT2D eigenvalue weighted by Crippen LogP contribution is 2.19. The van der Waals surface area contributed by atoms with Crippen LogP contribution in [0.4, 0.5) is 11.5 Å².